The molecule has 4 nitrogen and oxygen atoms in total. The highest BCUT2D eigenvalue weighted by Gasteiger charge is 2.19. The van der Waals surface area contributed by atoms with Crippen LogP contribution in [0.4, 0.5) is 13.2 Å². The van der Waals surface area contributed by atoms with Gasteiger partial charge < -0.3 is 10.3 Å². The van der Waals surface area contributed by atoms with Crippen LogP contribution in [0.2, 0.25) is 0 Å². The minimum absolute atomic E-state index is 0.241. The Morgan fingerprint density at radius 1 is 1.20 bits per heavy atom. The summed E-state index contributed by atoms with van der Waals surface area (Å²) in [5.74, 6) is -1.83. The third-order valence-corrected chi connectivity index (χ3v) is 3.98. The molecule has 0 unspecified atom stereocenters. The van der Waals surface area contributed by atoms with Crippen molar-refractivity contribution in [2.24, 2.45) is 5.73 Å². The molecule has 1 aliphatic rings. The van der Waals surface area contributed by atoms with E-state index < -0.39 is 17.5 Å². The van der Waals surface area contributed by atoms with Crippen LogP contribution in [0.5, 0.6) is 0 Å². The highest BCUT2D eigenvalue weighted by atomic mass is 19.2. The summed E-state index contributed by atoms with van der Waals surface area (Å²) in [7, 11) is 0. The van der Waals surface area contributed by atoms with Gasteiger partial charge in [-0.3, -0.25) is 4.98 Å². The first kappa shape index (κ1) is 17.2. The number of nitrogens with zero attached hydrogens (tertiary/aromatic N) is 3. The second-order valence-electron chi connectivity index (χ2n) is 5.80. The molecule has 1 aliphatic heterocycles. The number of rotatable bonds is 1. The SMILES string of the molecule is C=Cc1cc2c(cn1)nc1n2C[C@H](N)CC1.Fc1ccc(F)c(F)c1. The molecule has 0 bridgehead atoms. The Kier molecular flexibility index (Phi) is 4.85. The minimum Gasteiger partial charge on any atom is -0.326 e. The lowest BCUT2D eigenvalue weighted by atomic mass is 10.1. The molecule has 2 aromatic heterocycles. The number of fused-ring (bicyclic) bond motifs is 3. The second kappa shape index (κ2) is 7.06. The number of nitrogens with two attached hydrogens (primary N) is 1. The van der Waals surface area contributed by atoms with Gasteiger partial charge in [0.1, 0.15) is 17.2 Å². The number of hydrogen-bond donors (Lipinski definition) is 1. The molecule has 4 rings (SSSR count). The van der Waals surface area contributed by atoms with Gasteiger partial charge in [-0.1, -0.05) is 6.58 Å². The van der Waals surface area contributed by atoms with Crippen LogP contribution < -0.4 is 5.73 Å². The Morgan fingerprint density at radius 3 is 2.68 bits per heavy atom. The van der Waals surface area contributed by atoms with Crippen molar-refractivity contribution in [3.8, 4) is 0 Å². The van der Waals surface area contributed by atoms with Gasteiger partial charge in [0.05, 0.1) is 17.4 Å². The molecule has 0 amide bonds. The van der Waals surface area contributed by atoms with Crippen molar-refractivity contribution in [3.63, 3.8) is 0 Å². The molecule has 7 heteroatoms. The summed E-state index contributed by atoms with van der Waals surface area (Å²) >= 11 is 0. The van der Waals surface area contributed by atoms with Gasteiger partial charge >= 0.3 is 0 Å². The molecule has 0 radical (unpaired) electrons. The average molecular weight is 346 g/mol. The van der Waals surface area contributed by atoms with E-state index in [0.29, 0.717) is 6.07 Å². The summed E-state index contributed by atoms with van der Waals surface area (Å²) in [5.41, 5.74) is 8.94. The van der Waals surface area contributed by atoms with E-state index in [1.807, 2.05) is 12.3 Å². The Balaban J connectivity index is 0.000000173. The molecule has 3 aromatic rings. The van der Waals surface area contributed by atoms with E-state index in [4.69, 9.17) is 5.73 Å². The van der Waals surface area contributed by atoms with Gasteiger partial charge in [-0.25, -0.2) is 18.2 Å². The van der Waals surface area contributed by atoms with Crippen molar-refractivity contribution < 1.29 is 13.2 Å². The molecule has 2 N–H and O–H groups in total. The van der Waals surface area contributed by atoms with Gasteiger partial charge in [-0.15, -0.1) is 0 Å². The van der Waals surface area contributed by atoms with Crippen molar-refractivity contribution in [1.82, 2.24) is 14.5 Å². The minimum atomic E-state index is -1.16. The van der Waals surface area contributed by atoms with Gasteiger partial charge in [0.2, 0.25) is 0 Å². The van der Waals surface area contributed by atoms with Crippen molar-refractivity contribution in [3.05, 3.63) is 66.0 Å². The Hall–Kier alpha value is -2.67. The number of imidazole rings is 1. The average Bonchev–Trinajstić information content (AvgIpc) is 2.96. The van der Waals surface area contributed by atoms with Gasteiger partial charge in [0, 0.05) is 25.1 Å². The van der Waals surface area contributed by atoms with Crippen LogP contribution in [0.15, 0.2) is 37.0 Å². The van der Waals surface area contributed by atoms with Gasteiger partial charge in [-0.05, 0) is 30.7 Å². The van der Waals surface area contributed by atoms with Crippen molar-refractivity contribution >= 4 is 17.1 Å². The molecular weight excluding hydrogens is 329 g/mol. The summed E-state index contributed by atoms with van der Waals surface area (Å²) in [6.45, 7) is 4.59. The first-order valence-electron chi connectivity index (χ1n) is 7.81. The zero-order valence-electron chi connectivity index (χ0n) is 13.4. The van der Waals surface area contributed by atoms with Crippen LogP contribution in [-0.4, -0.2) is 20.6 Å². The summed E-state index contributed by atoms with van der Waals surface area (Å²) < 4.78 is 38.1. The normalized spacial score (nSPS) is 16.1. The number of benzene rings is 1. The standard InChI is InChI=1S/C12H14N4.C6H3F3/c1-2-9-5-11-10(6-14-9)15-12-4-3-8(13)7-16(11)12;7-4-1-2-5(8)6(9)3-4/h2,5-6,8H,1,3-4,7,13H2;1-3H/t8-;/m1./s1. The highest BCUT2D eigenvalue weighted by molar-refractivity contribution is 5.77. The first-order valence-corrected chi connectivity index (χ1v) is 7.81. The molecule has 1 aromatic carbocycles. The Morgan fingerprint density at radius 2 is 2.00 bits per heavy atom. The van der Waals surface area contributed by atoms with E-state index >= 15 is 0 Å². The van der Waals surface area contributed by atoms with Crippen LogP contribution in [0.3, 0.4) is 0 Å². The third-order valence-electron chi connectivity index (χ3n) is 3.98. The maximum Gasteiger partial charge on any atom is 0.161 e. The van der Waals surface area contributed by atoms with Crippen LogP contribution in [0.25, 0.3) is 17.1 Å². The van der Waals surface area contributed by atoms with Gasteiger partial charge in [0.15, 0.2) is 11.6 Å². The van der Waals surface area contributed by atoms with Crippen LogP contribution >= 0.6 is 0 Å². The summed E-state index contributed by atoms with van der Waals surface area (Å²) in [6.07, 6.45) is 5.54. The first-order chi connectivity index (χ1) is 12.0. The van der Waals surface area contributed by atoms with Crippen LogP contribution in [0.1, 0.15) is 17.9 Å². The monoisotopic (exact) mass is 346 g/mol. The lowest BCUT2D eigenvalue weighted by molar-refractivity contribution is 0.461. The molecule has 0 saturated heterocycles. The zero-order chi connectivity index (χ0) is 18.0. The quantitative estimate of drug-likeness (QED) is 0.687. The van der Waals surface area contributed by atoms with E-state index in [2.05, 4.69) is 21.1 Å². The lowest BCUT2D eigenvalue weighted by Crippen LogP contribution is -2.31. The summed E-state index contributed by atoms with van der Waals surface area (Å²) in [6, 6.07) is 4.36. The predicted molar refractivity (Wildman–Crippen MR) is 90.2 cm³/mol. The van der Waals surface area contributed by atoms with Gasteiger partial charge in [-0.2, -0.15) is 0 Å². The third kappa shape index (κ3) is 3.71. The molecule has 0 fully saturated rings. The van der Waals surface area contributed by atoms with Crippen LogP contribution in [-0.2, 0) is 13.0 Å². The summed E-state index contributed by atoms with van der Waals surface area (Å²) in [5, 5.41) is 0. The highest BCUT2D eigenvalue weighted by Crippen LogP contribution is 2.22. The molecular formula is C18H17F3N4. The van der Waals surface area contributed by atoms with Crippen molar-refractivity contribution in [1.29, 1.82) is 0 Å². The molecule has 1 atom stereocenters. The van der Waals surface area contributed by atoms with E-state index in [0.717, 1.165) is 54.1 Å². The Bertz CT molecular complexity index is 920. The summed E-state index contributed by atoms with van der Waals surface area (Å²) in [4.78, 5) is 8.84. The zero-order valence-corrected chi connectivity index (χ0v) is 13.4. The van der Waals surface area contributed by atoms with E-state index in [1.165, 1.54) is 0 Å². The smallest absolute Gasteiger partial charge is 0.161 e. The molecule has 130 valence electrons. The number of halogens is 3. The van der Waals surface area contributed by atoms with Crippen molar-refractivity contribution in [2.45, 2.75) is 25.4 Å². The predicted octanol–water partition coefficient (Wildman–Crippen LogP) is 3.45. The van der Waals surface area contributed by atoms with Gasteiger partial charge in [0.25, 0.3) is 0 Å². The van der Waals surface area contributed by atoms with E-state index in [-0.39, 0.29) is 6.04 Å². The Labute approximate surface area is 142 Å². The fourth-order valence-corrected chi connectivity index (χ4v) is 2.71. The topological polar surface area (TPSA) is 56.7 Å². The number of pyridine rings is 1. The lowest BCUT2D eigenvalue weighted by Gasteiger charge is -2.20. The van der Waals surface area contributed by atoms with E-state index in [9.17, 15) is 13.2 Å². The van der Waals surface area contributed by atoms with E-state index in [1.54, 1.807) is 6.08 Å². The number of aromatic nitrogens is 3. The molecule has 3 heterocycles. The van der Waals surface area contributed by atoms with Crippen molar-refractivity contribution in [2.75, 3.05) is 0 Å². The number of hydrogen-bond acceptors (Lipinski definition) is 3. The fraction of sp³-hybridized carbons (Fsp3) is 0.222. The second-order valence-corrected chi connectivity index (χ2v) is 5.80. The number of aryl methyl sites for hydroxylation is 1. The maximum atomic E-state index is 12.0. The van der Waals surface area contributed by atoms with Crippen LogP contribution in [0, 0.1) is 17.5 Å². The largest absolute Gasteiger partial charge is 0.326 e. The molecule has 0 saturated carbocycles. The molecule has 0 aliphatic carbocycles. The molecule has 0 spiro atoms. The molecule has 25 heavy (non-hydrogen) atoms. The fourth-order valence-electron chi connectivity index (χ4n) is 2.71. The maximum absolute atomic E-state index is 12.0.